The van der Waals surface area contributed by atoms with Crippen molar-refractivity contribution < 1.29 is 14.6 Å². The fourth-order valence-electron chi connectivity index (χ4n) is 2.65. The Hall–Kier alpha value is -2.17. The third-order valence-electron chi connectivity index (χ3n) is 4.27. The summed E-state index contributed by atoms with van der Waals surface area (Å²) in [7, 11) is 0. The Kier molecular flexibility index (Phi) is 7.57. The number of aliphatic hydroxyl groups excluding tert-OH is 1. The fraction of sp³-hybridized carbons (Fsp3) is 0.435. The second-order valence-corrected chi connectivity index (χ2v) is 7.99. The van der Waals surface area contributed by atoms with Gasteiger partial charge in [0.1, 0.15) is 18.5 Å². The van der Waals surface area contributed by atoms with E-state index in [-0.39, 0.29) is 17.9 Å². The summed E-state index contributed by atoms with van der Waals surface area (Å²) >= 11 is 0. The number of ether oxygens (including phenoxy) is 1. The highest BCUT2D eigenvalue weighted by molar-refractivity contribution is 5.96. The molecular weight excluding hydrogens is 338 g/mol. The van der Waals surface area contributed by atoms with Gasteiger partial charge in [-0.2, -0.15) is 0 Å². The number of Topliss-reactive ketones (excluding diaryl/α,β-unsaturated/α-hetero) is 1. The molecule has 0 spiro atoms. The van der Waals surface area contributed by atoms with Crippen LogP contribution in [-0.2, 0) is 6.42 Å². The summed E-state index contributed by atoms with van der Waals surface area (Å²) in [5, 5.41) is 13.4. The van der Waals surface area contributed by atoms with Crippen molar-refractivity contribution in [3.63, 3.8) is 0 Å². The standard InChI is InChI=1S/C23H31NO3/c1-17-9-11-18(12-10-17)21(26)14-13-19-7-5-6-8-22(19)27-16-20(25)15-24-23(2,3)4/h5-12,20,24-25H,13-16H2,1-4H3. The monoisotopic (exact) mass is 369 g/mol. The topological polar surface area (TPSA) is 58.6 Å². The van der Waals surface area contributed by atoms with Crippen LogP contribution in [0.1, 0.15) is 48.7 Å². The Bertz CT molecular complexity index is 732. The molecule has 4 nitrogen and oxygen atoms in total. The zero-order valence-electron chi connectivity index (χ0n) is 16.8. The van der Waals surface area contributed by atoms with Gasteiger partial charge in [0, 0.05) is 24.1 Å². The highest BCUT2D eigenvalue weighted by Crippen LogP contribution is 2.21. The molecule has 2 aromatic carbocycles. The molecule has 0 aliphatic rings. The van der Waals surface area contributed by atoms with E-state index in [0.29, 0.717) is 19.4 Å². The molecule has 0 saturated carbocycles. The van der Waals surface area contributed by atoms with E-state index in [1.165, 1.54) is 0 Å². The number of β-amino-alcohol motifs (C(OH)–C–C–N with tert-alkyl or cyclic N) is 1. The molecule has 146 valence electrons. The minimum atomic E-state index is -0.591. The summed E-state index contributed by atoms with van der Waals surface area (Å²) in [6.45, 7) is 8.86. The zero-order valence-corrected chi connectivity index (χ0v) is 16.8. The van der Waals surface area contributed by atoms with Crippen molar-refractivity contribution in [2.45, 2.75) is 52.2 Å². The summed E-state index contributed by atoms with van der Waals surface area (Å²) < 4.78 is 5.82. The predicted molar refractivity (Wildman–Crippen MR) is 110 cm³/mol. The summed E-state index contributed by atoms with van der Waals surface area (Å²) in [6, 6.07) is 15.4. The molecule has 27 heavy (non-hydrogen) atoms. The molecule has 0 aromatic heterocycles. The van der Waals surface area contributed by atoms with Gasteiger partial charge in [-0.1, -0.05) is 48.0 Å². The number of nitrogens with one attached hydrogen (secondary N) is 1. The number of ketones is 1. The van der Waals surface area contributed by atoms with E-state index < -0.39 is 6.10 Å². The minimum Gasteiger partial charge on any atom is -0.491 e. The first kappa shape index (κ1) is 21.1. The molecule has 0 fully saturated rings. The maximum Gasteiger partial charge on any atom is 0.163 e. The Morgan fingerprint density at radius 2 is 1.78 bits per heavy atom. The van der Waals surface area contributed by atoms with Crippen LogP contribution in [-0.4, -0.2) is 35.7 Å². The van der Waals surface area contributed by atoms with Crippen LogP contribution in [0.3, 0.4) is 0 Å². The van der Waals surface area contributed by atoms with E-state index in [2.05, 4.69) is 26.1 Å². The van der Waals surface area contributed by atoms with Gasteiger partial charge in [-0.15, -0.1) is 0 Å². The quantitative estimate of drug-likeness (QED) is 0.658. The molecule has 1 atom stereocenters. The van der Waals surface area contributed by atoms with E-state index >= 15 is 0 Å². The first-order valence-corrected chi connectivity index (χ1v) is 9.48. The lowest BCUT2D eigenvalue weighted by Crippen LogP contribution is -2.42. The number of rotatable bonds is 9. The van der Waals surface area contributed by atoms with Crippen LogP contribution >= 0.6 is 0 Å². The molecular formula is C23H31NO3. The van der Waals surface area contributed by atoms with Crippen molar-refractivity contribution in [3.05, 3.63) is 65.2 Å². The van der Waals surface area contributed by atoms with Crippen LogP contribution in [0.4, 0.5) is 0 Å². The summed E-state index contributed by atoms with van der Waals surface area (Å²) in [5.74, 6) is 0.850. The molecule has 2 rings (SSSR count). The molecule has 0 radical (unpaired) electrons. The third-order valence-corrected chi connectivity index (χ3v) is 4.27. The van der Waals surface area contributed by atoms with Crippen LogP contribution in [0, 0.1) is 6.92 Å². The Morgan fingerprint density at radius 1 is 1.11 bits per heavy atom. The van der Waals surface area contributed by atoms with Crippen LogP contribution in [0.15, 0.2) is 48.5 Å². The van der Waals surface area contributed by atoms with Gasteiger partial charge in [0.25, 0.3) is 0 Å². The molecule has 0 aliphatic heterocycles. The molecule has 0 aliphatic carbocycles. The molecule has 0 bridgehead atoms. The zero-order chi connectivity index (χ0) is 19.9. The highest BCUT2D eigenvalue weighted by atomic mass is 16.5. The van der Waals surface area contributed by atoms with Crippen molar-refractivity contribution >= 4 is 5.78 Å². The van der Waals surface area contributed by atoms with Crippen LogP contribution in [0.25, 0.3) is 0 Å². The average Bonchev–Trinajstić information content (AvgIpc) is 2.63. The molecule has 2 aromatic rings. The van der Waals surface area contributed by atoms with Gasteiger partial charge >= 0.3 is 0 Å². The van der Waals surface area contributed by atoms with Crippen molar-refractivity contribution in [3.8, 4) is 5.75 Å². The Labute approximate surface area is 162 Å². The summed E-state index contributed by atoms with van der Waals surface area (Å²) in [6.07, 6.45) is 0.447. The van der Waals surface area contributed by atoms with Gasteiger partial charge in [0.15, 0.2) is 5.78 Å². The first-order chi connectivity index (χ1) is 12.7. The SMILES string of the molecule is Cc1ccc(C(=O)CCc2ccccc2OCC(O)CNC(C)(C)C)cc1. The molecule has 0 saturated heterocycles. The van der Waals surface area contributed by atoms with Gasteiger partial charge in [-0.05, 0) is 45.7 Å². The van der Waals surface area contributed by atoms with Gasteiger partial charge in [0.05, 0.1) is 0 Å². The number of carbonyl (C=O) groups excluding carboxylic acids is 1. The lowest BCUT2D eigenvalue weighted by molar-refractivity contribution is 0.0972. The molecule has 2 N–H and O–H groups in total. The van der Waals surface area contributed by atoms with E-state index in [1.54, 1.807) is 0 Å². The number of aliphatic hydroxyl groups is 1. The van der Waals surface area contributed by atoms with E-state index in [1.807, 2.05) is 55.5 Å². The van der Waals surface area contributed by atoms with E-state index in [9.17, 15) is 9.90 Å². The van der Waals surface area contributed by atoms with Crippen LogP contribution in [0.5, 0.6) is 5.75 Å². The van der Waals surface area contributed by atoms with Gasteiger partial charge in [-0.25, -0.2) is 0 Å². The fourth-order valence-corrected chi connectivity index (χ4v) is 2.65. The normalized spacial score (nSPS) is 12.6. The number of carbonyl (C=O) groups is 1. The maximum absolute atomic E-state index is 12.4. The first-order valence-electron chi connectivity index (χ1n) is 9.48. The van der Waals surface area contributed by atoms with Crippen molar-refractivity contribution in [1.29, 1.82) is 0 Å². The number of benzene rings is 2. The van der Waals surface area contributed by atoms with Gasteiger partial charge in [-0.3, -0.25) is 4.79 Å². The van der Waals surface area contributed by atoms with Crippen LogP contribution < -0.4 is 10.1 Å². The lowest BCUT2D eigenvalue weighted by atomic mass is 10.0. The number of aryl methyl sites for hydroxylation is 2. The smallest absolute Gasteiger partial charge is 0.163 e. The minimum absolute atomic E-state index is 0.0464. The van der Waals surface area contributed by atoms with Crippen molar-refractivity contribution in [2.24, 2.45) is 0 Å². The second kappa shape index (κ2) is 9.67. The van der Waals surface area contributed by atoms with Crippen LogP contribution in [0.2, 0.25) is 0 Å². The second-order valence-electron chi connectivity index (χ2n) is 7.99. The largest absolute Gasteiger partial charge is 0.491 e. The number of hydrogen-bond donors (Lipinski definition) is 2. The molecule has 0 amide bonds. The van der Waals surface area contributed by atoms with Crippen molar-refractivity contribution in [2.75, 3.05) is 13.2 Å². The Morgan fingerprint density at radius 3 is 2.44 bits per heavy atom. The number of hydrogen-bond acceptors (Lipinski definition) is 4. The molecule has 0 heterocycles. The summed E-state index contributed by atoms with van der Waals surface area (Å²) in [4.78, 5) is 12.4. The van der Waals surface area contributed by atoms with E-state index in [0.717, 1.165) is 22.4 Å². The predicted octanol–water partition coefficient (Wildman–Crippen LogP) is 3.94. The maximum atomic E-state index is 12.4. The highest BCUT2D eigenvalue weighted by Gasteiger charge is 2.14. The van der Waals surface area contributed by atoms with Gasteiger partial charge in [0.2, 0.25) is 0 Å². The molecule has 4 heteroatoms. The van der Waals surface area contributed by atoms with Gasteiger partial charge < -0.3 is 15.2 Å². The van der Waals surface area contributed by atoms with Crippen molar-refractivity contribution in [1.82, 2.24) is 5.32 Å². The third kappa shape index (κ3) is 7.53. The molecule has 1 unspecified atom stereocenters. The number of para-hydroxylation sites is 1. The van der Waals surface area contributed by atoms with E-state index in [4.69, 9.17) is 4.74 Å². The Balaban J connectivity index is 1.89. The summed E-state index contributed by atoms with van der Waals surface area (Å²) in [5.41, 5.74) is 2.82. The lowest BCUT2D eigenvalue weighted by Gasteiger charge is -2.23. The average molecular weight is 370 g/mol.